The molecule has 30 heteroatoms. The minimum Gasteiger partial charge on any atom is -0.490 e. The van der Waals surface area contributed by atoms with Gasteiger partial charge in [-0.15, -0.1) is 0 Å². The molecule has 16 rings (SSSR count). The van der Waals surface area contributed by atoms with Gasteiger partial charge in [-0.05, 0) is 209 Å². The summed E-state index contributed by atoms with van der Waals surface area (Å²) in [6, 6.07) is 23.2. The molecular formula is C84H116Cl2N10O14S4. The zero-order valence-electron chi connectivity index (χ0n) is 67.3. The molecule has 624 valence electrons. The second kappa shape index (κ2) is 32.9. The first-order chi connectivity index (χ1) is 54.2. The number of anilines is 2. The Bertz CT molecular complexity index is 4540. The van der Waals surface area contributed by atoms with Gasteiger partial charge in [0.1, 0.15) is 22.7 Å². The molecule has 24 nitrogen and oxygen atoms in total. The lowest BCUT2D eigenvalue weighted by molar-refractivity contribution is -0.101. The number of rotatable bonds is 8. The number of amides is 2. The fraction of sp³-hybridized carbons (Fsp3) is 0.643. The second-order valence-corrected chi connectivity index (χ2v) is 44.4. The number of benzene rings is 4. The van der Waals surface area contributed by atoms with Crippen molar-refractivity contribution in [2.24, 2.45) is 35.5 Å². The summed E-state index contributed by atoms with van der Waals surface area (Å²) in [4.78, 5) is 41.9. The van der Waals surface area contributed by atoms with Crippen LogP contribution in [0.4, 0.5) is 11.4 Å². The Labute approximate surface area is 686 Å². The molecule has 4 aliphatic carbocycles. The fourth-order valence-electron chi connectivity index (χ4n) is 21.2. The molecular weight excluding hydrogens is 1570 g/mol. The van der Waals surface area contributed by atoms with Crippen LogP contribution in [0.2, 0.25) is 10.0 Å². The zero-order chi connectivity index (χ0) is 80.7. The molecule has 4 saturated heterocycles. The summed E-state index contributed by atoms with van der Waals surface area (Å²) in [5.74, 6) is 0.339. The summed E-state index contributed by atoms with van der Waals surface area (Å²) in [5, 5.41) is -0.210. The van der Waals surface area contributed by atoms with Gasteiger partial charge in [-0.25, -0.2) is 43.1 Å². The third kappa shape index (κ3) is 17.0. The summed E-state index contributed by atoms with van der Waals surface area (Å²) in [6.45, 7) is 20.5. The Kier molecular flexibility index (Phi) is 24.2. The van der Waals surface area contributed by atoms with E-state index in [1.165, 1.54) is 34.8 Å². The van der Waals surface area contributed by atoms with Gasteiger partial charge in [0.05, 0.1) is 47.6 Å². The summed E-state index contributed by atoms with van der Waals surface area (Å²) < 4.78 is 140. The van der Waals surface area contributed by atoms with Crippen molar-refractivity contribution in [1.29, 1.82) is 0 Å². The molecule has 4 aromatic carbocycles. The van der Waals surface area contributed by atoms with E-state index in [9.17, 15) is 43.3 Å². The molecule has 0 radical (unpaired) electrons. The van der Waals surface area contributed by atoms with Gasteiger partial charge in [0, 0.05) is 176 Å². The standard InChI is InChI=1S/2C42H58ClN5O7S2/c2*1-29-7-5-16-42(54-3,27-45-17-18-46-19-20-48(56(4,50)51)25-35(46)24-45)37-12-9-33(37)23-47-26-41(15-6-8-31-21-34(43)11-13-36(31)41)28-55-39-14-10-32(22-38(39)47)40(49)44-57(52,53)30(29)2/h2*5,10-11,13-14,16,21-22,29-30,33,35,37H,6-9,12,15,17-20,23-28H2,1-4H3,(H,44,49)/b2*16-5+/t29-,30+,33-,35+,37+,41-,42-;29-,30+,33-,35-,37+,41-,42-/m00/s1. The molecule has 2 amide bonds. The van der Waals surface area contributed by atoms with E-state index in [1.807, 2.05) is 50.2 Å². The number of methoxy groups -OCH3 is 2. The molecule has 2 N–H and O–H groups in total. The first-order valence-corrected chi connectivity index (χ1v) is 48.8. The normalized spacial score (nSPS) is 34.4. The van der Waals surface area contributed by atoms with Crippen LogP contribution in [0, 0.1) is 35.5 Å². The average molecular weight is 1690 g/mol. The SMILES string of the molecule is CO[C@]1(CN2CCN3CCN(S(C)(=O)=O)C[C@@H]3C2)/C=C/C[C@H](C)[C@@H](C)S(=O)(=O)NC(=O)c2ccc3c(c2)N(C[C@@H]2CC[C@H]21)C[C@@]1(CCCc2cc(Cl)ccc21)CO3.CO[C@]1(CN2CCN3CCN(S(C)(=O)=O)C[C@H]3C2)/C=C/C[C@H](C)[C@@H](C)S(=O)(=O)NC(=O)c2ccc3c(c2)N(C[C@@H]2CC[C@H]21)C[C@@]1(CCCc2cc(Cl)ccc21)CO3. The molecule has 4 bridgehead atoms. The number of sulfonamides is 4. The molecule has 8 aliphatic heterocycles. The van der Waals surface area contributed by atoms with Crippen LogP contribution in [0.1, 0.15) is 135 Å². The van der Waals surface area contributed by atoms with Crippen molar-refractivity contribution in [2.45, 2.75) is 149 Å². The molecule has 8 heterocycles. The number of carbonyl (C=O) groups is 2. The van der Waals surface area contributed by atoms with Gasteiger partial charge < -0.3 is 28.7 Å². The maximum Gasteiger partial charge on any atom is 0.264 e. The van der Waals surface area contributed by atoms with Crippen molar-refractivity contribution < 1.29 is 62.2 Å². The summed E-state index contributed by atoms with van der Waals surface area (Å²) in [5.41, 5.74) is 5.17. The second-order valence-electron chi connectivity index (χ2n) is 35.5. The van der Waals surface area contributed by atoms with Crippen molar-refractivity contribution in [2.75, 3.05) is 168 Å². The van der Waals surface area contributed by atoms with E-state index in [2.05, 4.69) is 87.4 Å². The molecule has 2 saturated carbocycles. The monoisotopic (exact) mass is 1690 g/mol. The van der Waals surface area contributed by atoms with Crippen LogP contribution in [-0.4, -0.2) is 265 Å². The number of allylic oxidation sites excluding steroid dienone is 2. The number of hydrogen-bond acceptors (Lipinski definition) is 20. The molecule has 0 aromatic heterocycles. The van der Waals surface area contributed by atoms with Crippen LogP contribution in [-0.2, 0) is 73.2 Å². The number of piperazine rings is 4. The smallest absolute Gasteiger partial charge is 0.264 e. The van der Waals surface area contributed by atoms with Gasteiger partial charge in [-0.2, -0.15) is 8.61 Å². The molecule has 6 fully saturated rings. The highest BCUT2D eigenvalue weighted by molar-refractivity contribution is 7.91. The predicted octanol–water partition coefficient (Wildman–Crippen LogP) is 9.06. The number of nitrogens with one attached hydrogen (secondary N) is 2. The maximum absolute atomic E-state index is 13.7. The van der Waals surface area contributed by atoms with E-state index >= 15 is 0 Å². The zero-order valence-corrected chi connectivity index (χ0v) is 72.1. The lowest BCUT2D eigenvalue weighted by Crippen LogP contribution is -2.65. The van der Waals surface area contributed by atoms with Crippen LogP contribution in [0.3, 0.4) is 0 Å². The van der Waals surface area contributed by atoms with Crippen molar-refractivity contribution in [3.63, 3.8) is 0 Å². The molecule has 12 aliphatic rings. The fourth-order valence-corrected chi connectivity index (χ4v) is 25.9. The molecule has 2 spiro atoms. The Hall–Kier alpha value is -5.44. The number of carbonyl (C=O) groups excluding carboxylic acids is 2. The van der Waals surface area contributed by atoms with E-state index in [1.54, 1.807) is 48.8 Å². The van der Waals surface area contributed by atoms with E-state index < -0.39 is 73.6 Å². The van der Waals surface area contributed by atoms with Gasteiger partial charge in [-0.1, -0.05) is 73.5 Å². The summed E-state index contributed by atoms with van der Waals surface area (Å²) in [6.07, 6.45) is 21.9. The number of ether oxygens (including phenoxy) is 4. The van der Waals surface area contributed by atoms with Crippen molar-refractivity contribution >= 4 is 86.5 Å². The highest BCUT2D eigenvalue weighted by atomic mass is 35.5. The van der Waals surface area contributed by atoms with E-state index in [-0.39, 0.29) is 69.5 Å². The van der Waals surface area contributed by atoms with Crippen molar-refractivity contribution in [3.05, 3.63) is 141 Å². The van der Waals surface area contributed by atoms with Gasteiger partial charge in [0.2, 0.25) is 40.1 Å². The minimum atomic E-state index is -4.01. The van der Waals surface area contributed by atoms with Crippen LogP contribution in [0.5, 0.6) is 11.5 Å². The van der Waals surface area contributed by atoms with E-state index in [0.717, 1.165) is 138 Å². The summed E-state index contributed by atoms with van der Waals surface area (Å²) in [7, 11) is -11.0. The van der Waals surface area contributed by atoms with Gasteiger partial charge in [0.25, 0.3) is 11.8 Å². The summed E-state index contributed by atoms with van der Waals surface area (Å²) >= 11 is 13.0. The van der Waals surface area contributed by atoms with E-state index in [4.69, 9.17) is 42.1 Å². The predicted molar refractivity (Wildman–Crippen MR) is 446 cm³/mol. The lowest BCUT2D eigenvalue weighted by Gasteiger charge is -2.53. The first-order valence-electron chi connectivity index (χ1n) is 41.2. The topological polar surface area (TPSA) is 258 Å². The van der Waals surface area contributed by atoms with Gasteiger partial charge >= 0.3 is 0 Å². The largest absolute Gasteiger partial charge is 0.490 e. The number of hydrogen-bond donors (Lipinski definition) is 2. The van der Waals surface area contributed by atoms with Crippen molar-refractivity contribution in [1.82, 2.24) is 37.7 Å². The van der Waals surface area contributed by atoms with E-state index in [0.29, 0.717) is 103 Å². The molecule has 4 aromatic rings. The Morgan fingerprint density at radius 3 is 1.30 bits per heavy atom. The third-order valence-electron chi connectivity index (χ3n) is 28.6. The quantitative estimate of drug-likeness (QED) is 0.156. The third-order valence-corrected chi connectivity index (χ3v) is 35.4. The van der Waals surface area contributed by atoms with Gasteiger partial charge in [0.15, 0.2) is 0 Å². The highest BCUT2D eigenvalue weighted by Gasteiger charge is 2.54. The number of nitrogens with zero attached hydrogens (tertiary/aromatic N) is 8. The number of fused-ring (bicyclic) bond motifs is 10. The van der Waals surface area contributed by atoms with Crippen molar-refractivity contribution in [3.8, 4) is 11.5 Å². The number of halogens is 2. The Morgan fingerprint density at radius 1 is 0.518 bits per heavy atom. The molecule has 14 atom stereocenters. The first kappa shape index (κ1) is 83.6. The van der Waals surface area contributed by atoms with Gasteiger partial charge in [-0.3, -0.25) is 29.2 Å². The number of aryl methyl sites for hydroxylation is 2. The highest BCUT2D eigenvalue weighted by Crippen LogP contribution is 2.53. The van der Waals surface area contributed by atoms with Crippen LogP contribution in [0.25, 0.3) is 0 Å². The average Bonchev–Trinajstić information content (AvgIpc) is 1.39. The van der Waals surface area contributed by atoms with Crippen LogP contribution < -0.4 is 28.7 Å². The van der Waals surface area contributed by atoms with Crippen LogP contribution in [0.15, 0.2) is 97.1 Å². The maximum atomic E-state index is 13.7. The lowest BCUT2D eigenvalue weighted by atomic mass is 9.63. The minimum absolute atomic E-state index is 0.0945. The molecule has 114 heavy (non-hydrogen) atoms. The Morgan fingerprint density at radius 2 is 0.921 bits per heavy atom. The van der Waals surface area contributed by atoms with Crippen LogP contribution >= 0.6 is 23.2 Å². The Balaban J connectivity index is 0.000000180. The molecule has 0 unspecified atom stereocenters.